The first kappa shape index (κ1) is 37.9. The Bertz CT molecular complexity index is 689. The van der Waals surface area contributed by atoms with Crippen LogP contribution < -0.4 is 0 Å². The summed E-state index contributed by atoms with van der Waals surface area (Å²) in [5.74, 6) is -1.02. The third-order valence-corrected chi connectivity index (χ3v) is 7.07. The van der Waals surface area contributed by atoms with Crippen molar-refractivity contribution in [3.63, 3.8) is 0 Å². The number of carbonyl (C=O) groups excluding carboxylic acids is 1. The average molecular weight is 559 g/mol. The Kier molecular flexibility index (Phi) is 29.8. The monoisotopic (exact) mass is 558 g/mol. The van der Waals surface area contributed by atoms with E-state index in [1.807, 2.05) is 0 Å². The Labute approximate surface area is 247 Å². The van der Waals surface area contributed by atoms with Crippen molar-refractivity contribution in [1.82, 2.24) is 0 Å². The maximum Gasteiger partial charge on any atom is 0.306 e. The number of carboxylic acids is 1. The molecule has 0 saturated carbocycles. The number of unbranched alkanes of at least 4 members (excludes halogenated alkanes) is 13. The van der Waals surface area contributed by atoms with Crippen LogP contribution in [0.1, 0.15) is 162 Å². The van der Waals surface area contributed by atoms with E-state index in [-0.39, 0.29) is 18.5 Å². The van der Waals surface area contributed by atoms with Gasteiger partial charge in [-0.05, 0) is 64.2 Å². The van der Waals surface area contributed by atoms with Crippen molar-refractivity contribution in [3.8, 4) is 0 Å². The predicted octanol–water partition coefficient (Wildman–Crippen LogP) is 11.2. The van der Waals surface area contributed by atoms with Gasteiger partial charge in [-0.3, -0.25) is 9.59 Å². The zero-order valence-electron chi connectivity index (χ0n) is 26.1. The summed E-state index contributed by atoms with van der Waals surface area (Å²) >= 11 is 0. The number of allylic oxidation sites excluding steroid dienone is 8. The Morgan fingerprint density at radius 2 is 1.00 bits per heavy atom. The van der Waals surface area contributed by atoms with Crippen molar-refractivity contribution in [2.75, 3.05) is 0 Å². The number of hydrogen-bond acceptors (Lipinski definition) is 3. The summed E-state index contributed by atoms with van der Waals surface area (Å²) in [6.45, 7) is 4.48. The van der Waals surface area contributed by atoms with E-state index in [1.54, 1.807) is 0 Å². The van der Waals surface area contributed by atoms with Crippen LogP contribution in [0.4, 0.5) is 0 Å². The molecule has 4 nitrogen and oxygen atoms in total. The molecule has 4 heteroatoms. The van der Waals surface area contributed by atoms with Gasteiger partial charge in [0.1, 0.15) is 6.10 Å². The van der Waals surface area contributed by atoms with Gasteiger partial charge in [0.15, 0.2) is 0 Å². The van der Waals surface area contributed by atoms with E-state index in [0.717, 1.165) is 51.4 Å². The van der Waals surface area contributed by atoms with Crippen LogP contribution in [0.25, 0.3) is 0 Å². The molecule has 0 spiro atoms. The van der Waals surface area contributed by atoms with Crippen LogP contribution in [0.3, 0.4) is 0 Å². The van der Waals surface area contributed by atoms with Crippen LogP contribution in [0.2, 0.25) is 0 Å². The van der Waals surface area contributed by atoms with Gasteiger partial charge in [-0.15, -0.1) is 0 Å². The summed E-state index contributed by atoms with van der Waals surface area (Å²) in [6.07, 6.45) is 41.2. The molecule has 1 atom stereocenters. The number of carboxylic acid groups (broad SMARTS) is 1. The van der Waals surface area contributed by atoms with Crippen LogP contribution in [0.15, 0.2) is 48.6 Å². The maximum atomic E-state index is 12.3. The van der Waals surface area contributed by atoms with Crippen LogP contribution in [-0.4, -0.2) is 23.1 Å². The largest absolute Gasteiger partial charge is 0.481 e. The van der Waals surface area contributed by atoms with E-state index >= 15 is 0 Å². The smallest absolute Gasteiger partial charge is 0.306 e. The Morgan fingerprint density at radius 1 is 0.550 bits per heavy atom. The molecule has 0 radical (unpaired) electrons. The van der Waals surface area contributed by atoms with Gasteiger partial charge in [-0.25, -0.2) is 0 Å². The van der Waals surface area contributed by atoms with Crippen molar-refractivity contribution in [2.24, 2.45) is 0 Å². The molecular weight excluding hydrogens is 496 g/mol. The molecule has 0 amide bonds. The molecule has 0 aromatic heterocycles. The first-order valence-electron chi connectivity index (χ1n) is 16.6. The predicted molar refractivity (Wildman–Crippen MR) is 172 cm³/mol. The van der Waals surface area contributed by atoms with Crippen molar-refractivity contribution in [3.05, 3.63) is 48.6 Å². The van der Waals surface area contributed by atoms with Crippen LogP contribution in [-0.2, 0) is 14.3 Å². The summed E-state index contributed by atoms with van der Waals surface area (Å²) in [5, 5.41) is 9.05. The molecule has 1 N–H and O–H groups in total. The highest BCUT2D eigenvalue weighted by Crippen LogP contribution is 2.16. The van der Waals surface area contributed by atoms with Gasteiger partial charge in [0.2, 0.25) is 0 Å². The van der Waals surface area contributed by atoms with E-state index in [4.69, 9.17) is 9.84 Å². The summed E-state index contributed by atoms with van der Waals surface area (Å²) in [7, 11) is 0. The van der Waals surface area contributed by atoms with Gasteiger partial charge in [-0.2, -0.15) is 0 Å². The van der Waals surface area contributed by atoms with Gasteiger partial charge in [0, 0.05) is 12.8 Å². The molecule has 0 saturated heterocycles. The lowest BCUT2D eigenvalue weighted by Crippen LogP contribution is -2.19. The third-order valence-electron chi connectivity index (χ3n) is 7.07. The fraction of sp³-hybridized carbons (Fsp3) is 0.722. The van der Waals surface area contributed by atoms with Crippen LogP contribution in [0, 0.1) is 0 Å². The number of aliphatic carboxylic acids is 1. The minimum Gasteiger partial charge on any atom is -0.481 e. The first-order chi connectivity index (χ1) is 19.6. The van der Waals surface area contributed by atoms with Gasteiger partial charge in [-0.1, -0.05) is 133 Å². The topological polar surface area (TPSA) is 63.6 Å². The van der Waals surface area contributed by atoms with Gasteiger partial charge < -0.3 is 9.84 Å². The molecule has 0 rings (SSSR count). The quantitative estimate of drug-likeness (QED) is 0.0563. The molecular formula is C36H62O4. The number of esters is 1. The Balaban J connectivity index is 3.92. The van der Waals surface area contributed by atoms with Crippen LogP contribution >= 0.6 is 0 Å². The summed E-state index contributed by atoms with van der Waals surface area (Å²) in [5.41, 5.74) is 0. The number of carbonyl (C=O) groups is 2. The summed E-state index contributed by atoms with van der Waals surface area (Å²) in [6, 6.07) is 0. The third kappa shape index (κ3) is 30.4. The van der Waals surface area contributed by atoms with Crippen molar-refractivity contribution >= 4 is 11.9 Å². The lowest BCUT2D eigenvalue weighted by molar-refractivity contribution is -0.151. The molecule has 0 bridgehead atoms. The van der Waals surface area contributed by atoms with Crippen molar-refractivity contribution < 1.29 is 19.4 Å². The summed E-state index contributed by atoms with van der Waals surface area (Å²) < 4.78 is 5.66. The normalized spacial score (nSPS) is 12.8. The molecule has 0 aromatic carbocycles. The fourth-order valence-electron chi connectivity index (χ4n) is 4.58. The van der Waals surface area contributed by atoms with Crippen LogP contribution in [0.5, 0.6) is 0 Å². The molecule has 40 heavy (non-hydrogen) atoms. The van der Waals surface area contributed by atoms with E-state index in [9.17, 15) is 9.59 Å². The highest BCUT2D eigenvalue weighted by molar-refractivity contribution is 5.70. The lowest BCUT2D eigenvalue weighted by atomic mass is 10.0. The highest BCUT2D eigenvalue weighted by atomic mass is 16.5. The second kappa shape index (κ2) is 31.4. The van der Waals surface area contributed by atoms with Crippen molar-refractivity contribution in [2.45, 2.75) is 168 Å². The zero-order chi connectivity index (χ0) is 29.4. The zero-order valence-corrected chi connectivity index (χ0v) is 26.1. The molecule has 0 aliphatic heterocycles. The Hall–Kier alpha value is -2.10. The highest BCUT2D eigenvalue weighted by Gasteiger charge is 2.15. The van der Waals surface area contributed by atoms with E-state index < -0.39 is 5.97 Å². The number of ether oxygens (including phenoxy) is 1. The first-order valence-corrected chi connectivity index (χ1v) is 16.6. The minimum absolute atomic E-state index is 0.0535. The van der Waals surface area contributed by atoms with Gasteiger partial charge in [0.25, 0.3) is 0 Å². The fourth-order valence-corrected chi connectivity index (χ4v) is 4.58. The Morgan fingerprint density at radius 3 is 1.52 bits per heavy atom. The van der Waals surface area contributed by atoms with Crippen molar-refractivity contribution in [1.29, 1.82) is 0 Å². The van der Waals surface area contributed by atoms with Gasteiger partial charge >= 0.3 is 11.9 Å². The van der Waals surface area contributed by atoms with Gasteiger partial charge in [0.05, 0.1) is 0 Å². The second-order valence-corrected chi connectivity index (χ2v) is 11.0. The standard InChI is InChI=1S/C36H62O4/c1-3-5-7-9-11-13-15-16-17-18-19-20-21-23-25-27-29-31-36(39)40-34(32-33-35(37)38)30-28-26-24-22-14-12-10-8-6-4-2/h11,13,16-17,19-20,23,25,34H,3-10,12,14-15,18,21-22,24,26-33H2,1-2H3,(H,37,38)/b13-11-,17-16-,20-19-,25-23-. The minimum atomic E-state index is -0.829. The molecule has 0 aromatic rings. The molecule has 0 aliphatic rings. The molecule has 1 unspecified atom stereocenters. The number of hydrogen-bond donors (Lipinski definition) is 1. The van der Waals surface area contributed by atoms with E-state index in [0.29, 0.717) is 12.8 Å². The molecule has 0 heterocycles. The summed E-state index contributed by atoms with van der Waals surface area (Å²) in [4.78, 5) is 23.3. The average Bonchev–Trinajstić information content (AvgIpc) is 2.94. The lowest BCUT2D eigenvalue weighted by Gasteiger charge is -2.17. The van der Waals surface area contributed by atoms with E-state index in [2.05, 4.69) is 62.5 Å². The maximum absolute atomic E-state index is 12.3. The molecule has 0 aliphatic carbocycles. The molecule has 0 fully saturated rings. The second-order valence-electron chi connectivity index (χ2n) is 11.0. The van der Waals surface area contributed by atoms with E-state index in [1.165, 1.54) is 77.0 Å². The number of rotatable bonds is 29. The molecule has 230 valence electrons. The SMILES string of the molecule is CCCCC/C=C\C/C=C\C/C=C\C/C=C\CCCC(=O)OC(CCCCCCCCCCCC)CCC(=O)O.